The van der Waals surface area contributed by atoms with Gasteiger partial charge in [0, 0.05) is 10.0 Å². The third-order valence-corrected chi connectivity index (χ3v) is 4.96. The van der Waals surface area contributed by atoms with Crippen molar-refractivity contribution >= 4 is 49.7 Å². The van der Waals surface area contributed by atoms with Crippen molar-refractivity contribution in [1.29, 1.82) is 0 Å². The molecule has 1 heterocycles. The van der Waals surface area contributed by atoms with E-state index < -0.39 is 11.8 Å². The highest BCUT2D eigenvalue weighted by Gasteiger charge is 2.40. The van der Waals surface area contributed by atoms with Gasteiger partial charge in [-0.3, -0.25) is 14.8 Å². The molecule has 122 valence electrons. The molecule has 2 amide bonds. The van der Waals surface area contributed by atoms with E-state index in [-0.39, 0.29) is 16.2 Å². The van der Waals surface area contributed by atoms with Crippen molar-refractivity contribution in [2.75, 3.05) is 0 Å². The molecule has 0 aromatic heterocycles. The molecule has 1 N–H and O–H groups in total. The monoisotopic (exact) mass is 393 g/mol. The first-order chi connectivity index (χ1) is 12.1. The van der Waals surface area contributed by atoms with Gasteiger partial charge in [-0.2, -0.15) is 0 Å². The van der Waals surface area contributed by atoms with Crippen LogP contribution in [-0.2, 0) is 9.59 Å². The number of carbonyl (C=O) groups is 2. The van der Waals surface area contributed by atoms with Gasteiger partial charge in [0.25, 0.3) is 11.8 Å². The average molecular weight is 394 g/mol. The number of imide groups is 1. The standard InChI is InChI=1S/C20H12BrNO3/c21-16-11-4-3-9-15(16)18-17(19(23)22(25)20(18)24)14-10-5-7-12-6-1-2-8-13(12)14/h1-11,25H. The summed E-state index contributed by atoms with van der Waals surface area (Å²) in [6.07, 6.45) is 0. The van der Waals surface area contributed by atoms with Crippen LogP contribution in [0, 0.1) is 0 Å². The van der Waals surface area contributed by atoms with Crippen LogP contribution < -0.4 is 0 Å². The van der Waals surface area contributed by atoms with E-state index >= 15 is 0 Å². The SMILES string of the molecule is O=C1C(c2ccccc2Br)=C(c2cccc3ccccc23)C(=O)N1O. The Labute approximate surface area is 152 Å². The Morgan fingerprint density at radius 2 is 1.28 bits per heavy atom. The molecular formula is C20H12BrNO3. The molecule has 0 fully saturated rings. The first-order valence-electron chi connectivity index (χ1n) is 7.64. The summed E-state index contributed by atoms with van der Waals surface area (Å²) in [6, 6.07) is 20.3. The molecule has 4 nitrogen and oxygen atoms in total. The van der Waals surface area contributed by atoms with Crippen LogP contribution in [0.4, 0.5) is 0 Å². The summed E-state index contributed by atoms with van der Waals surface area (Å²) >= 11 is 3.43. The summed E-state index contributed by atoms with van der Waals surface area (Å²) < 4.78 is 0.680. The van der Waals surface area contributed by atoms with Gasteiger partial charge in [-0.1, -0.05) is 76.6 Å². The molecule has 0 saturated heterocycles. The minimum Gasteiger partial charge on any atom is -0.278 e. The molecule has 1 aliphatic heterocycles. The Morgan fingerprint density at radius 3 is 2.04 bits per heavy atom. The number of rotatable bonds is 2. The highest BCUT2D eigenvalue weighted by molar-refractivity contribution is 9.10. The molecule has 4 rings (SSSR count). The smallest absolute Gasteiger partial charge is 0.278 e. The molecule has 0 saturated carbocycles. The van der Waals surface area contributed by atoms with E-state index in [1.807, 2.05) is 42.5 Å². The quantitative estimate of drug-likeness (QED) is 0.522. The summed E-state index contributed by atoms with van der Waals surface area (Å²) in [5, 5.41) is 12.0. The topological polar surface area (TPSA) is 57.6 Å². The summed E-state index contributed by atoms with van der Waals surface area (Å²) in [6.45, 7) is 0. The number of hydroxylamine groups is 2. The maximum Gasteiger partial charge on any atom is 0.286 e. The number of hydrogen-bond acceptors (Lipinski definition) is 3. The molecule has 3 aromatic carbocycles. The van der Waals surface area contributed by atoms with Crippen LogP contribution in [0.25, 0.3) is 21.9 Å². The Hall–Kier alpha value is -2.76. The van der Waals surface area contributed by atoms with E-state index in [0.717, 1.165) is 10.8 Å². The van der Waals surface area contributed by atoms with Gasteiger partial charge in [-0.15, -0.1) is 5.06 Å². The lowest BCUT2D eigenvalue weighted by Gasteiger charge is -2.09. The summed E-state index contributed by atoms with van der Waals surface area (Å²) in [5.74, 6) is -1.44. The van der Waals surface area contributed by atoms with E-state index in [0.29, 0.717) is 15.6 Å². The normalized spacial score (nSPS) is 14.7. The molecule has 0 aliphatic carbocycles. The number of fused-ring (bicyclic) bond motifs is 1. The predicted molar refractivity (Wildman–Crippen MR) is 98.5 cm³/mol. The Bertz CT molecular complexity index is 1070. The largest absolute Gasteiger partial charge is 0.286 e. The second kappa shape index (κ2) is 5.95. The van der Waals surface area contributed by atoms with Crippen molar-refractivity contribution in [1.82, 2.24) is 5.06 Å². The average Bonchev–Trinajstić information content (AvgIpc) is 2.86. The molecule has 0 spiro atoms. The first kappa shape index (κ1) is 15.7. The fourth-order valence-corrected chi connectivity index (χ4v) is 3.61. The molecule has 3 aromatic rings. The van der Waals surface area contributed by atoms with Crippen LogP contribution in [-0.4, -0.2) is 22.1 Å². The third kappa shape index (κ3) is 2.40. The minimum absolute atomic E-state index is 0.186. The number of carbonyl (C=O) groups excluding carboxylic acids is 2. The second-order valence-corrected chi connectivity index (χ2v) is 6.53. The number of nitrogens with zero attached hydrogens (tertiary/aromatic N) is 1. The van der Waals surface area contributed by atoms with E-state index in [1.54, 1.807) is 24.3 Å². The zero-order valence-electron chi connectivity index (χ0n) is 12.9. The van der Waals surface area contributed by atoms with Crippen molar-refractivity contribution in [2.24, 2.45) is 0 Å². The molecular weight excluding hydrogens is 382 g/mol. The van der Waals surface area contributed by atoms with Crippen LogP contribution in [0.2, 0.25) is 0 Å². The lowest BCUT2D eigenvalue weighted by Crippen LogP contribution is -2.27. The van der Waals surface area contributed by atoms with E-state index in [2.05, 4.69) is 15.9 Å². The zero-order valence-corrected chi connectivity index (χ0v) is 14.5. The van der Waals surface area contributed by atoms with Crippen LogP contribution in [0.1, 0.15) is 11.1 Å². The highest BCUT2D eigenvalue weighted by atomic mass is 79.9. The van der Waals surface area contributed by atoms with Crippen LogP contribution in [0.5, 0.6) is 0 Å². The van der Waals surface area contributed by atoms with Gasteiger partial charge < -0.3 is 0 Å². The van der Waals surface area contributed by atoms with Gasteiger partial charge >= 0.3 is 0 Å². The fraction of sp³-hybridized carbons (Fsp3) is 0. The number of benzene rings is 3. The van der Waals surface area contributed by atoms with Gasteiger partial charge in [-0.05, 0) is 22.4 Å². The van der Waals surface area contributed by atoms with Crippen molar-refractivity contribution in [3.05, 3.63) is 82.3 Å². The van der Waals surface area contributed by atoms with E-state index in [1.165, 1.54) is 0 Å². The van der Waals surface area contributed by atoms with Gasteiger partial charge in [0.1, 0.15) is 0 Å². The van der Waals surface area contributed by atoms with Crippen molar-refractivity contribution in [3.63, 3.8) is 0 Å². The van der Waals surface area contributed by atoms with Crippen molar-refractivity contribution in [2.45, 2.75) is 0 Å². The van der Waals surface area contributed by atoms with Crippen LogP contribution >= 0.6 is 15.9 Å². The van der Waals surface area contributed by atoms with Crippen LogP contribution in [0.3, 0.4) is 0 Å². The summed E-state index contributed by atoms with van der Waals surface area (Å²) in [7, 11) is 0. The predicted octanol–water partition coefficient (Wildman–Crippen LogP) is 4.27. The summed E-state index contributed by atoms with van der Waals surface area (Å²) in [5.41, 5.74) is 1.59. The van der Waals surface area contributed by atoms with Gasteiger partial charge in [0.15, 0.2) is 0 Å². The molecule has 0 bridgehead atoms. The number of hydrogen-bond donors (Lipinski definition) is 1. The van der Waals surface area contributed by atoms with E-state index in [4.69, 9.17) is 0 Å². The Balaban J connectivity index is 2.09. The lowest BCUT2D eigenvalue weighted by molar-refractivity contribution is -0.168. The van der Waals surface area contributed by atoms with Gasteiger partial charge in [0.2, 0.25) is 0 Å². The molecule has 25 heavy (non-hydrogen) atoms. The molecule has 5 heteroatoms. The van der Waals surface area contributed by atoms with Gasteiger partial charge in [-0.25, -0.2) is 0 Å². The van der Waals surface area contributed by atoms with Crippen molar-refractivity contribution in [3.8, 4) is 0 Å². The zero-order chi connectivity index (χ0) is 17.6. The Kier molecular flexibility index (Phi) is 3.75. The van der Waals surface area contributed by atoms with Crippen molar-refractivity contribution < 1.29 is 14.8 Å². The van der Waals surface area contributed by atoms with Crippen LogP contribution in [0.15, 0.2) is 71.2 Å². The maximum atomic E-state index is 12.6. The number of halogens is 1. The lowest BCUT2D eigenvalue weighted by atomic mass is 9.93. The van der Waals surface area contributed by atoms with Gasteiger partial charge in [0.05, 0.1) is 11.1 Å². The molecule has 1 aliphatic rings. The highest BCUT2D eigenvalue weighted by Crippen LogP contribution is 2.39. The fourth-order valence-electron chi connectivity index (χ4n) is 3.13. The molecule has 0 atom stereocenters. The Morgan fingerprint density at radius 1 is 0.720 bits per heavy atom. The molecule has 0 radical (unpaired) electrons. The third-order valence-electron chi connectivity index (χ3n) is 4.26. The number of amides is 2. The molecule has 0 unspecified atom stereocenters. The van der Waals surface area contributed by atoms with E-state index in [9.17, 15) is 14.8 Å². The minimum atomic E-state index is -0.722. The summed E-state index contributed by atoms with van der Waals surface area (Å²) in [4.78, 5) is 25.2. The first-order valence-corrected chi connectivity index (χ1v) is 8.44. The second-order valence-electron chi connectivity index (χ2n) is 5.68. The maximum absolute atomic E-state index is 12.6.